The quantitative estimate of drug-likeness (QED) is 0.640. The molecule has 1 aliphatic heterocycles. The fourth-order valence-corrected chi connectivity index (χ4v) is 6.13. The van der Waals surface area contributed by atoms with Crippen molar-refractivity contribution in [3.63, 3.8) is 0 Å². The highest BCUT2D eigenvalue weighted by Crippen LogP contribution is 2.30. The number of sulfonamides is 1. The molecule has 1 N–H and O–H groups in total. The van der Waals surface area contributed by atoms with Crippen molar-refractivity contribution in [1.29, 1.82) is 0 Å². The molecule has 8 heteroatoms. The number of hydrogen-bond donors (Lipinski definition) is 1. The monoisotopic (exact) mass is 443 g/mol. The zero-order valence-electron chi connectivity index (χ0n) is 17.3. The minimum atomic E-state index is -3.52. The van der Waals surface area contributed by atoms with Crippen LogP contribution in [-0.4, -0.2) is 36.7 Å². The standard InChI is InChI=1S/C22H25N3O3S2/c1-14-8-10-25(11-9-14)30(27,28)18-6-4-17(5-7-18)21(26)24-22-23-19-13-15(2)12-16(3)20(19)29-22/h4-7,12-14H,8-11H2,1-3H3,(H,23,24,26). The molecule has 1 saturated heterocycles. The maximum absolute atomic E-state index is 12.8. The first-order valence-corrected chi connectivity index (χ1v) is 12.3. The molecule has 0 bridgehead atoms. The molecule has 0 saturated carbocycles. The Hall–Kier alpha value is -2.29. The molecule has 30 heavy (non-hydrogen) atoms. The number of nitrogens with zero attached hydrogens (tertiary/aromatic N) is 2. The van der Waals surface area contributed by atoms with Crippen LogP contribution in [0.5, 0.6) is 0 Å². The molecule has 1 fully saturated rings. The summed E-state index contributed by atoms with van der Waals surface area (Å²) in [5, 5.41) is 3.36. The molecule has 1 amide bonds. The van der Waals surface area contributed by atoms with Gasteiger partial charge in [0.1, 0.15) is 0 Å². The van der Waals surface area contributed by atoms with Crippen molar-refractivity contribution in [2.45, 2.75) is 38.5 Å². The van der Waals surface area contributed by atoms with Crippen LogP contribution in [0.4, 0.5) is 5.13 Å². The summed E-state index contributed by atoms with van der Waals surface area (Å²) in [6.07, 6.45) is 1.75. The van der Waals surface area contributed by atoms with Gasteiger partial charge in [-0.15, -0.1) is 0 Å². The molecule has 2 heterocycles. The molecule has 3 aromatic rings. The molecule has 0 unspecified atom stereocenters. The Morgan fingerprint density at radius 2 is 1.80 bits per heavy atom. The van der Waals surface area contributed by atoms with E-state index in [0.29, 0.717) is 29.7 Å². The number of hydrogen-bond acceptors (Lipinski definition) is 5. The molecule has 1 aliphatic rings. The number of aromatic nitrogens is 1. The van der Waals surface area contributed by atoms with Gasteiger partial charge < -0.3 is 0 Å². The topological polar surface area (TPSA) is 79.4 Å². The number of rotatable bonds is 4. The van der Waals surface area contributed by atoms with E-state index in [0.717, 1.165) is 34.2 Å². The lowest BCUT2D eigenvalue weighted by molar-refractivity contribution is 0.102. The average Bonchev–Trinajstić information content (AvgIpc) is 3.11. The maximum atomic E-state index is 12.8. The third-order valence-corrected chi connectivity index (χ3v) is 8.57. The van der Waals surface area contributed by atoms with Crippen LogP contribution in [0, 0.1) is 19.8 Å². The molecular weight excluding hydrogens is 418 g/mol. The van der Waals surface area contributed by atoms with Crippen molar-refractivity contribution in [3.8, 4) is 0 Å². The second-order valence-electron chi connectivity index (χ2n) is 8.01. The summed E-state index contributed by atoms with van der Waals surface area (Å²) in [5.41, 5.74) is 3.52. The van der Waals surface area contributed by atoms with Gasteiger partial charge >= 0.3 is 0 Å². The van der Waals surface area contributed by atoms with E-state index in [2.05, 4.69) is 23.3 Å². The second-order valence-corrected chi connectivity index (χ2v) is 11.0. The van der Waals surface area contributed by atoms with Crippen molar-refractivity contribution in [3.05, 3.63) is 53.1 Å². The molecule has 4 rings (SSSR count). The second kappa shape index (κ2) is 8.09. The first-order chi connectivity index (χ1) is 14.2. The number of fused-ring (bicyclic) bond motifs is 1. The van der Waals surface area contributed by atoms with E-state index in [9.17, 15) is 13.2 Å². The number of carbonyl (C=O) groups is 1. The number of carbonyl (C=O) groups excluding carboxylic acids is 1. The van der Waals surface area contributed by atoms with Crippen molar-refractivity contribution in [2.75, 3.05) is 18.4 Å². The maximum Gasteiger partial charge on any atom is 0.257 e. The Labute approximate surface area is 181 Å². The number of piperidine rings is 1. The van der Waals surface area contributed by atoms with Gasteiger partial charge in [-0.3, -0.25) is 10.1 Å². The molecular formula is C22H25N3O3S2. The highest BCUT2D eigenvalue weighted by molar-refractivity contribution is 7.89. The van der Waals surface area contributed by atoms with Crippen LogP contribution in [-0.2, 0) is 10.0 Å². The van der Waals surface area contributed by atoms with Gasteiger partial charge in [0.05, 0.1) is 15.1 Å². The van der Waals surface area contributed by atoms with Crippen molar-refractivity contribution in [1.82, 2.24) is 9.29 Å². The predicted octanol–water partition coefficient (Wildman–Crippen LogP) is 4.59. The van der Waals surface area contributed by atoms with Gasteiger partial charge in [-0.05, 0) is 74.1 Å². The van der Waals surface area contributed by atoms with Crippen LogP contribution in [0.2, 0.25) is 0 Å². The van der Waals surface area contributed by atoms with Crippen LogP contribution < -0.4 is 5.32 Å². The van der Waals surface area contributed by atoms with E-state index in [1.807, 2.05) is 19.9 Å². The summed E-state index contributed by atoms with van der Waals surface area (Å²) < 4.78 is 28.3. The normalized spacial score (nSPS) is 16.1. The first-order valence-electron chi connectivity index (χ1n) is 10.0. The lowest BCUT2D eigenvalue weighted by Gasteiger charge is -2.29. The van der Waals surface area contributed by atoms with Gasteiger partial charge in [-0.2, -0.15) is 4.31 Å². The Kier molecular flexibility index (Phi) is 5.65. The van der Waals surface area contributed by atoms with Crippen LogP contribution in [0.3, 0.4) is 0 Å². The summed E-state index contributed by atoms with van der Waals surface area (Å²) in [5.74, 6) is 0.247. The fourth-order valence-electron chi connectivity index (χ4n) is 3.75. The van der Waals surface area contributed by atoms with Gasteiger partial charge in [0.15, 0.2) is 5.13 Å². The number of amides is 1. The largest absolute Gasteiger partial charge is 0.298 e. The SMILES string of the molecule is Cc1cc(C)c2sc(NC(=O)c3ccc(S(=O)(=O)N4CCC(C)CC4)cc3)nc2c1. The number of thiazole rings is 1. The molecule has 2 aromatic carbocycles. The molecule has 158 valence electrons. The molecule has 1 aromatic heterocycles. The fraction of sp³-hybridized carbons (Fsp3) is 0.364. The number of aryl methyl sites for hydroxylation is 2. The van der Waals surface area contributed by atoms with E-state index < -0.39 is 10.0 Å². The van der Waals surface area contributed by atoms with Gasteiger partial charge in [0.25, 0.3) is 5.91 Å². The predicted molar refractivity (Wildman–Crippen MR) is 121 cm³/mol. The minimum absolute atomic E-state index is 0.222. The van der Waals surface area contributed by atoms with Crippen LogP contribution in [0.25, 0.3) is 10.2 Å². The average molecular weight is 444 g/mol. The van der Waals surface area contributed by atoms with Crippen LogP contribution in [0.15, 0.2) is 41.3 Å². The number of benzene rings is 2. The van der Waals surface area contributed by atoms with E-state index in [-0.39, 0.29) is 10.8 Å². The van der Waals surface area contributed by atoms with Crippen LogP contribution >= 0.6 is 11.3 Å². The molecule has 0 radical (unpaired) electrons. The highest BCUT2D eigenvalue weighted by atomic mass is 32.2. The van der Waals surface area contributed by atoms with Gasteiger partial charge in [0, 0.05) is 18.7 Å². The zero-order valence-corrected chi connectivity index (χ0v) is 18.9. The number of anilines is 1. The highest BCUT2D eigenvalue weighted by Gasteiger charge is 2.28. The first kappa shape index (κ1) is 21.0. The Bertz CT molecular complexity index is 1190. The van der Waals surface area contributed by atoms with E-state index in [1.165, 1.54) is 27.8 Å². The molecule has 0 atom stereocenters. The van der Waals surface area contributed by atoms with E-state index in [1.54, 1.807) is 12.1 Å². The third-order valence-electron chi connectivity index (χ3n) is 5.54. The third kappa shape index (κ3) is 4.12. The van der Waals surface area contributed by atoms with Crippen molar-refractivity contribution >= 4 is 42.6 Å². The Morgan fingerprint density at radius 3 is 2.47 bits per heavy atom. The van der Waals surface area contributed by atoms with Gasteiger partial charge in [-0.25, -0.2) is 13.4 Å². The Morgan fingerprint density at radius 1 is 1.13 bits per heavy atom. The zero-order chi connectivity index (χ0) is 21.5. The summed E-state index contributed by atoms with van der Waals surface area (Å²) in [4.78, 5) is 17.4. The minimum Gasteiger partial charge on any atom is -0.298 e. The van der Waals surface area contributed by atoms with E-state index >= 15 is 0 Å². The lowest BCUT2D eigenvalue weighted by Crippen LogP contribution is -2.37. The van der Waals surface area contributed by atoms with Gasteiger partial charge in [0.2, 0.25) is 10.0 Å². The Balaban J connectivity index is 1.50. The summed E-state index contributed by atoms with van der Waals surface area (Å²) >= 11 is 1.44. The smallest absolute Gasteiger partial charge is 0.257 e. The lowest BCUT2D eigenvalue weighted by atomic mass is 10.0. The molecule has 6 nitrogen and oxygen atoms in total. The molecule has 0 spiro atoms. The van der Waals surface area contributed by atoms with E-state index in [4.69, 9.17) is 0 Å². The summed E-state index contributed by atoms with van der Waals surface area (Å²) in [6, 6.07) is 10.2. The summed E-state index contributed by atoms with van der Waals surface area (Å²) in [7, 11) is -3.52. The van der Waals surface area contributed by atoms with Crippen molar-refractivity contribution < 1.29 is 13.2 Å². The van der Waals surface area contributed by atoms with Crippen LogP contribution in [0.1, 0.15) is 41.3 Å². The van der Waals surface area contributed by atoms with Gasteiger partial charge in [-0.1, -0.05) is 24.3 Å². The molecule has 0 aliphatic carbocycles. The van der Waals surface area contributed by atoms with Crippen molar-refractivity contribution in [2.24, 2.45) is 5.92 Å². The summed E-state index contributed by atoms with van der Waals surface area (Å²) in [6.45, 7) is 7.28. The number of nitrogens with one attached hydrogen (secondary N) is 1.